The molecule has 1 rings (SSSR count). The molecule has 0 aromatic heterocycles. The monoisotopic (exact) mass is 192 g/mol. The third-order valence-corrected chi connectivity index (χ3v) is 1.50. The smallest absolute Gasteiger partial charge is 0.312 e. The summed E-state index contributed by atoms with van der Waals surface area (Å²) in [5.74, 6) is 0. The molecule has 0 aliphatic heterocycles. The Labute approximate surface area is 82.8 Å². The number of carbonyl (C=O) groups is 1. The Balaban J connectivity index is 2.46. The first kappa shape index (κ1) is 10.2. The molecule has 0 spiro atoms. The standard InChI is InChI=1S/C10H12N2O2/c1-12(2)10(13)14-11-8-9-6-4-3-5-7-9/h3-8H,1-2H3. The molecule has 0 bridgehead atoms. The quantitative estimate of drug-likeness (QED) is 0.406. The van der Waals surface area contributed by atoms with Crippen molar-refractivity contribution in [1.29, 1.82) is 0 Å². The van der Waals surface area contributed by atoms with Crippen LogP contribution in [0, 0.1) is 0 Å². The van der Waals surface area contributed by atoms with Crippen molar-refractivity contribution in [2.75, 3.05) is 14.1 Å². The number of hydrogen-bond donors (Lipinski definition) is 0. The van der Waals surface area contributed by atoms with E-state index < -0.39 is 6.09 Å². The zero-order chi connectivity index (χ0) is 10.4. The molecule has 0 heterocycles. The lowest BCUT2D eigenvalue weighted by atomic mass is 10.2. The number of rotatable bonds is 2. The lowest BCUT2D eigenvalue weighted by Gasteiger charge is -2.05. The molecule has 0 saturated heterocycles. The molecule has 0 radical (unpaired) electrons. The number of nitrogens with zero attached hydrogens (tertiary/aromatic N) is 2. The van der Waals surface area contributed by atoms with Crippen LogP contribution in [0.15, 0.2) is 35.5 Å². The van der Waals surface area contributed by atoms with Gasteiger partial charge in [0.2, 0.25) is 0 Å². The molecule has 0 atom stereocenters. The summed E-state index contributed by atoms with van der Waals surface area (Å²) >= 11 is 0. The SMILES string of the molecule is CN(C)C(=O)ON=Cc1ccccc1. The van der Waals surface area contributed by atoms with Crippen molar-refractivity contribution >= 4 is 12.3 Å². The molecule has 0 aliphatic carbocycles. The zero-order valence-electron chi connectivity index (χ0n) is 8.18. The Morgan fingerprint density at radius 1 is 1.36 bits per heavy atom. The molecular formula is C10H12N2O2. The maximum Gasteiger partial charge on any atom is 0.435 e. The van der Waals surface area contributed by atoms with E-state index in [1.54, 1.807) is 14.1 Å². The summed E-state index contributed by atoms with van der Waals surface area (Å²) in [4.78, 5) is 16.8. The number of carbonyl (C=O) groups excluding carboxylic acids is 1. The highest BCUT2D eigenvalue weighted by molar-refractivity contribution is 5.79. The van der Waals surface area contributed by atoms with Crippen molar-refractivity contribution in [2.45, 2.75) is 0 Å². The maximum atomic E-state index is 10.9. The number of oxime groups is 1. The molecule has 4 nitrogen and oxygen atoms in total. The summed E-state index contributed by atoms with van der Waals surface area (Å²) in [6.45, 7) is 0. The van der Waals surface area contributed by atoms with E-state index in [1.165, 1.54) is 11.1 Å². The number of benzene rings is 1. The van der Waals surface area contributed by atoms with Crippen molar-refractivity contribution in [3.05, 3.63) is 35.9 Å². The molecule has 1 amide bonds. The minimum Gasteiger partial charge on any atom is -0.312 e. The van der Waals surface area contributed by atoms with Crippen molar-refractivity contribution in [3.63, 3.8) is 0 Å². The maximum absolute atomic E-state index is 10.9. The second-order valence-corrected chi connectivity index (χ2v) is 2.90. The van der Waals surface area contributed by atoms with Crippen LogP contribution in [0.1, 0.15) is 5.56 Å². The van der Waals surface area contributed by atoms with Gasteiger partial charge in [-0.3, -0.25) is 4.84 Å². The Morgan fingerprint density at radius 3 is 2.57 bits per heavy atom. The summed E-state index contributed by atoms with van der Waals surface area (Å²) in [7, 11) is 3.20. The van der Waals surface area contributed by atoms with E-state index in [2.05, 4.69) is 9.99 Å². The first-order valence-corrected chi connectivity index (χ1v) is 4.17. The van der Waals surface area contributed by atoms with Crippen LogP contribution >= 0.6 is 0 Å². The summed E-state index contributed by atoms with van der Waals surface area (Å²) < 4.78 is 0. The van der Waals surface area contributed by atoms with Gasteiger partial charge in [-0.05, 0) is 5.56 Å². The van der Waals surface area contributed by atoms with Crippen LogP contribution in [-0.2, 0) is 4.84 Å². The minimum absolute atomic E-state index is 0.489. The third-order valence-electron chi connectivity index (χ3n) is 1.50. The fourth-order valence-electron chi connectivity index (χ4n) is 0.753. The lowest BCUT2D eigenvalue weighted by Crippen LogP contribution is -2.20. The Hall–Kier alpha value is -1.84. The average Bonchev–Trinajstić information content (AvgIpc) is 2.19. The Kier molecular flexibility index (Phi) is 3.67. The fourth-order valence-corrected chi connectivity index (χ4v) is 0.753. The van der Waals surface area contributed by atoms with Gasteiger partial charge in [0.15, 0.2) is 0 Å². The molecule has 1 aromatic rings. The zero-order valence-corrected chi connectivity index (χ0v) is 8.18. The van der Waals surface area contributed by atoms with E-state index in [0.717, 1.165) is 5.56 Å². The summed E-state index contributed by atoms with van der Waals surface area (Å²) in [5, 5.41) is 3.55. The molecule has 74 valence electrons. The van der Waals surface area contributed by atoms with Crippen LogP contribution in [-0.4, -0.2) is 31.3 Å². The van der Waals surface area contributed by atoms with Gasteiger partial charge >= 0.3 is 6.09 Å². The molecule has 0 aliphatic rings. The van der Waals surface area contributed by atoms with Gasteiger partial charge < -0.3 is 4.90 Å². The molecular weight excluding hydrogens is 180 g/mol. The van der Waals surface area contributed by atoms with Gasteiger partial charge in [-0.15, -0.1) is 0 Å². The Bertz CT molecular complexity index is 320. The average molecular weight is 192 g/mol. The van der Waals surface area contributed by atoms with E-state index in [9.17, 15) is 4.79 Å². The highest BCUT2D eigenvalue weighted by Gasteiger charge is 2.01. The minimum atomic E-state index is -0.489. The van der Waals surface area contributed by atoms with E-state index in [0.29, 0.717) is 0 Å². The second kappa shape index (κ2) is 5.01. The van der Waals surface area contributed by atoms with Crippen molar-refractivity contribution < 1.29 is 9.63 Å². The van der Waals surface area contributed by atoms with Crippen molar-refractivity contribution in [3.8, 4) is 0 Å². The highest BCUT2D eigenvalue weighted by atomic mass is 16.7. The van der Waals surface area contributed by atoms with E-state index in [4.69, 9.17) is 0 Å². The van der Waals surface area contributed by atoms with Crippen LogP contribution in [0.4, 0.5) is 4.79 Å². The third kappa shape index (κ3) is 3.26. The largest absolute Gasteiger partial charge is 0.435 e. The molecule has 0 fully saturated rings. The van der Waals surface area contributed by atoms with Gasteiger partial charge in [0, 0.05) is 14.1 Å². The van der Waals surface area contributed by atoms with Gasteiger partial charge in [-0.25, -0.2) is 4.79 Å². The van der Waals surface area contributed by atoms with Crippen LogP contribution < -0.4 is 0 Å². The second-order valence-electron chi connectivity index (χ2n) is 2.90. The van der Waals surface area contributed by atoms with Crippen LogP contribution in [0.2, 0.25) is 0 Å². The van der Waals surface area contributed by atoms with Gasteiger partial charge in [-0.2, -0.15) is 0 Å². The van der Waals surface area contributed by atoms with E-state index in [-0.39, 0.29) is 0 Å². The lowest BCUT2D eigenvalue weighted by molar-refractivity contribution is 0.123. The van der Waals surface area contributed by atoms with Crippen molar-refractivity contribution in [1.82, 2.24) is 4.90 Å². The van der Waals surface area contributed by atoms with E-state index >= 15 is 0 Å². The van der Waals surface area contributed by atoms with Crippen LogP contribution in [0.3, 0.4) is 0 Å². The Morgan fingerprint density at radius 2 is 2.00 bits per heavy atom. The molecule has 14 heavy (non-hydrogen) atoms. The topological polar surface area (TPSA) is 41.9 Å². The first-order chi connectivity index (χ1) is 6.70. The molecule has 0 saturated carbocycles. The fraction of sp³-hybridized carbons (Fsp3) is 0.200. The summed E-state index contributed by atoms with van der Waals surface area (Å²) in [6, 6.07) is 9.41. The molecule has 0 unspecified atom stereocenters. The first-order valence-electron chi connectivity index (χ1n) is 4.17. The van der Waals surface area contributed by atoms with Crippen LogP contribution in [0.5, 0.6) is 0 Å². The van der Waals surface area contributed by atoms with Gasteiger partial charge in [0.25, 0.3) is 0 Å². The predicted octanol–water partition coefficient (Wildman–Crippen LogP) is 1.72. The molecule has 1 aromatic carbocycles. The summed E-state index contributed by atoms with van der Waals surface area (Å²) in [6.07, 6.45) is 0.999. The summed E-state index contributed by atoms with van der Waals surface area (Å²) in [5.41, 5.74) is 0.888. The van der Waals surface area contributed by atoms with E-state index in [1.807, 2.05) is 30.3 Å². The number of amides is 1. The normalized spacial score (nSPS) is 10.1. The highest BCUT2D eigenvalue weighted by Crippen LogP contribution is 1.94. The van der Waals surface area contributed by atoms with Gasteiger partial charge in [0.1, 0.15) is 0 Å². The van der Waals surface area contributed by atoms with Crippen LogP contribution in [0.25, 0.3) is 0 Å². The van der Waals surface area contributed by atoms with Gasteiger partial charge in [-0.1, -0.05) is 35.5 Å². The van der Waals surface area contributed by atoms with Crippen molar-refractivity contribution in [2.24, 2.45) is 5.16 Å². The number of hydrogen-bond acceptors (Lipinski definition) is 3. The molecule has 0 N–H and O–H groups in total. The predicted molar refractivity (Wildman–Crippen MR) is 54.2 cm³/mol. The molecule has 4 heteroatoms. The van der Waals surface area contributed by atoms with Gasteiger partial charge in [0.05, 0.1) is 6.21 Å².